The molecule has 1 N–H and O–H groups in total. The van der Waals surface area contributed by atoms with E-state index in [-0.39, 0.29) is 5.41 Å². The Morgan fingerprint density at radius 2 is 2.04 bits per heavy atom. The van der Waals surface area contributed by atoms with E-state index in [0.717, 1.165) is 45.0 Å². The maximum absolute atomic E-state index is 5.98. The molecule has 1 aromatic heterocycles. The Hall–Kier alpha value is -1.98. The standard InChI is InChI=1S/C23H30N4O/c1-2-3-17-4-6-18(7-5-17)13-27-11-10-23(15-27)16-28-14-19-12-24-22(26-21(19)23)25-20-8-9-20/h4-7,12,20H,2-3,8-11,13-16H2,1H3,(H,24,25,26). The topological polar surface area (TPSA) is 50.3 Å². The number of nitrogens with zero attached hydrogens (tertiary/aromatic N) is 3. The Morgan fingerprint density at radius 3 is 2.82 bits per heavy atom. The molecule has 5 nitrogen and oxygen atoms in total. The van der Waals surface area contributed by atoms with Crippen LogP contribution in [0.4, 0.5) is 5.95 Å². The second kappa shape index (κ2) is 7.45. The first-order valence-electron chi connectivity index (χ1n) is 10.7. The van der Waals surface area contributed by atoms with Crippen molar-refractivity contribution in [1.29, 1.82) is 0 Å². The summed E-state index contributed by atoms with van der Waals surface area (Å²) in [7, 11) is 0. The fourth-order valence-electron chi connectivity index (χ4n) is 4.64. The van der Waals surface area contributed by atoms with E-state index in [2.05, 4.69) is 46.4 Å². The number of aryl methyl sites for hydroxylation is 1. The van der Waals surface area contributed by atoms with Crippen LogP contribution in [-0.4, -0.2) is 40.6 Å². The summed E-state index contributed by atoms with van der Waals surface area (Å²) in [5, 5.41) is 3.46. The van der Waals surface area contributed by atoms with E-state index in [9.17, 15) is 0 Å². The summed E-state index contributed by atoms with van der Waals surface area (Å²) in [4.78, 5) is 12.1. The molecule has 1 unspecified atom stereocenters. The number of benzene rings is 1. The van der Waals surface area contributed by atoms with Crippen LogP contribution in [0.1, 0.15) is 55.0 Å². The van der Waals surface area contributed by atoms with E-state index >= 15 is 0 Å². The largest absolute Gasteiger partial charge is 0.376 e. The Labute approximate surface area is 167 Å². The number of hydrogen-bond acceptors (Lipinski definition) is 5. The zero-order chi connectivity index (χ0) is 19.0. The average molecular weight is 379 g/mol. The lowest BCUT2D eigenvalue weighted by Gasteiger charge is -2.34. The van der Waals surface area contributed by atoms with Crippen LogP contribution in [0.3, 0.4) is 0 Å². The molecular formula is C23H30N4O. The van der Waals surface area contributed by atoms with Gasteiger partial charge in [0.2, 0.25) is 5.95 Å². The van der Waals surface area contributed by atoms with Crippen molar-refractivity contribution >= 4 is 5.95 Å². The monoisotopic (exact) mass is 378 g/mol. The number of nitrogens with one attached hydrogen (secondary N) is 1. The third kappa shape index (κ3) is 3.65. The zero-order valence-electron chi connectivity index (χ0n) is 16.8. The fraction of sp³-hybridized carbons (Fsp3) is 0.565. The number of likely N-dealkylation sites (tertiary alicyclic amines) is 1. The molecule has 5 rings (SSSR count). The SMILES string of the molecule is CCCc1ccc(CN2CCC3(COCc4cnc(NC5CC5)nc43)C2)cc1. The second-order valence-corrected chi connectivity index (χ2v) is 8.79. The van der Waals surface area contributed by atoms with E-state index in [1.165, 1.54) is 41.6 Å². The van der Waals surface area contributed by atoms with Crippen molar-refractivity contribution in [2.75, 3.05) is 25.0 Å². The molecule has 0 radical (unpaired) electrons. The molecule has 0 amide bonds. The number of rotatable bonds is 6. The highest BCUT2D eigenvalue weighted by Gasteiger charge is 2.45. The molecular weight excluding hydrogens is 348 g/mol. The molecule has 3 heterocycles. The van der Waals surface area contributed by atoms with Crippen molar-refractivity contribution in [1.82, 2.24) is 14.9 Å². The molecule has 148 valence electrons. The van der Waals surface area contributed by atoms with Crippen LogP contribution in [0.2, 0.25) is 0 Å². The van der Waals surface area contributed by atoms with Crippen molar-refractivity contribution < 1.29 is 4.74 Å². The van der Waals surface area contributed by atoms with Crippen LogP contribution in [0.5, 0.6) is 0 Å². The van der Waals surface area contributed by atoms with Gasteiger partial charge in [0.1, 0.15) is 0 Å². The van der Waals surface area contributed by atoms with Crippen molar-refractivity contribution in [3.63, 3.8) is 0 Å². The van der Waals surface area contributed by atoms with Gasteiger partial charge in [-0.2, -0.15) is 0 Å². The molecule has 1 aromatic carbocycles. The van der Waals surface area contributed by atoms with E-state index < -0.39 is 0 Å². The van der Waals surface area contributed by atoms with E-state index in [0.29, 0.717) is 12.6 Å². The number of aromatic nitrogens is 2. The van der Waals surface area contributed by atoms with E-state index in [4.69, 9.17) is 9.72 Å². The first-order chi connectivity index (χ1) is 13.7. The van der Waals surface area contributed by atoms with Crippen molar-refractivity contribution in [3.05, 3.63) is 52.8 Å². The van der Waals surface area contributed by atoms with Gasteiger partial charge in [-0.1, -0.05) is 37.6 Å². The molecule has 5 heteroatoms. The minimum atomic E-state index is 0.0126. The number of anilines is 1. The second-order valence-electron chi connectivity index (χ2n) is 8.79. The molecule has 3 aliphatic rings. The first kappa shape index (κ1) is 18.1. The minimum absolute atomic E-state index is 0.0126. The summed E-state index contributed by atoms with van der Waals surface area (Å²) < 4.78 is 5.98. The van der Waals surface area contributed by atoms with E-state index in [1.54, 1.807) is 0 Å². The summed E-state index contributed by atoms with van der Waals surface area (Å²) in [6, 6.07) is 9.73. The van der Waals surface area contributed by atoms with Gasteiger partial charge in [-0.15, -0.1) is 0 Å². The van der Waals surface area contributed by atoms with Gasteiger partial charge < -0.3 is 10.1 Å². The minimum Gasteiger partial charge on any atom is -0.376 e. The molecule has 2 fully saturated rings. The molecule has 1 saturated heterocycles. The smallest absolute Gasteiger partial charge is 0.223 e. The van der Waals surface area contributed by atoms with Gasteiger partial charge in [-0.25, -0.2) is 9.97 Å². The summed E-state index contributed by atoms with van der Waals surface area (Å²) in [5.74, 6) is 0.799. The predicted octanol–water partition coefficient (Wildman–Crippen LogP) is 3.68. The molecule has 2 aliphatic heterocycles. The molecule has 1 atom stereocenters. The summed E-state index contributed by atoms with van der Waals surface area (Å²) in [5.41, 5.74) is 5.23. The van der Waals surface area contributed by atoms with Crippen LogP contribution in [0.25, 0.3) is 0 Å². The van der Waals surface area contributed by atoms with Gasteiger partial charge in [0.05, 0.1) is 24.3 Å². The quantitative estimate of drug-likeness (QED) is 0.831. The summed E-state index contributed by atoms with van der Waals surface area (Å²) >= 11 is 0. The fourth-order valence-corrected chi connectivity index (χ4v) is 4.64. The van der Waals surface area contributed by atoms with Crippen molar-refractivity contribution in [2.24, 2.45) is 0 Å². The van der Waals surface area contributed by atoms with Gasteiger partial charge in [0.15, 0.2) is 0 Å². The molecule has 28 heavy (non-hydrogen) atoms. The molecule has 0 bridgehead atoms. The van der Waals surface area contributed by atoms with Gasteiger partial charge in [-0.3, -0.25) is 4.90 Å². The van der Waals surface area contributed by atoms with Gasteiger partial charge in [0.25, 0.3) is 0 Å². The Bertz CT molecular complexity index is 833. The normalized spacial score (nSPS) is 24.5. The average Bonchev–Trinajstić information content (AvgIpc) is 3.44. The maximum atomic E-state index is 5.98. The number of hydrogen-bond donors (Lipinski definition) is 1. The van der Waals surface area contributed by atoms with Gasteiger partial charge in [0, 0.05) is 30.9 Å². The Kier molecular flexibility index (Phi) is 4.81. The summed E-state index contributed by atoms with van der Waals surface area (Å²) in [6.45, 7) is 6.75. The highest BCUT2D eigenvalue weighted by Crippen LogP contribution is 2.40. The lowest BCUT2D eigenvalue weighted by molar-refractivity contribution is 0.0503. The number of ether oxygens (including phenoxy) is 1. The third-order valence-electron chi connectivity index (χ3n) is 6.31. The van der Waals surface area contributed by atoms with Gasteiger partial charge in [-0.05, 0) is 43.4 Å². The molecule has 1 spiro atoms. The predicted molar refractivity (Wildman–Crippen MR) is 110 cm³/mol. The lowest BCUT2D eigenvalue weighted by Crippen LogP contribution is -2.40. The zero-order valence-corrected chi connectivity index (χ0v) is 16.8. The van der Waals surface area contributed by atoms with Crippen molar-refractivity contribution in [2.45, 2.75) is 63.6 Å². The Balaban J connectivity index is 1.32. The molecule has 2 aromatic rings. The van der Waals surface area contributed by atoms with Crippen LogP contribution in [0.15, 0.2) is 30.5 Å². The van der Waals surface area contributed by atoms with Crippen molar-refractivity contribution in [3.8, 4) is 0 Å². The maximum Gasteiger partial charge on any atom is 0.223 e. The van der Waals surface area contributed by atoms with Crippen LogP contribution in [-0.2, 0) is 29.7 Å². The Morgan fingerprint density at radius 1 is 1.21 bits per heavy atom. The molecule has 1 aliphatic carbocycles. The highest BCUT2D eigenvalue weighted by molar-refractivity contribution is 5.38. The lowest BCUT2D eigenvalue weighted by atomic mass is 9.80. The molecule has 1 saturated carbocycles. The number of fused-ring (bicyclic) bond motifs is 2. The third-order valence-corrected chi connectivity index (χ3v) is 6.31. The summed E-state index contributed by atoms with van der Waals surface area (Å²) in [6.07, 6.45) is 7.92. The first-order valence-corrected chi connectivity index (χ1v) is 10.7. The van der Waals surface area contributed by atoms with Crippen LogP contribution < -0.4 is 5.32 Å². The van der Waals surface area contributed by atoms with Gasteiger partial charge >= 0.3 is 0 Å². The van der Waals surface area contributed by atoms with Crippen LogP contribution >= 0.6 is 0 Å². The van der Waals surface area contributed by atoms with E-state index in [1.807, 2.05) is 6.20 Å². The highest BCUT2D eigenvalue weighted by atomic mass is 16.5. The van der Waals surface area contributed by atoms with Crippen LogP contribution in [0, 0.1) is 0 Å².